The quantitative estimate of drug-likeness (QED) is 0.325. The van der Waals surface area contributed by atoms with E-state index in [9.17, 15) is 0 Å². The van der Waals surface area contributed by atoms with Gasteiger partial charge in [-0.15, -0.1) is 0 Å². The molecule has 36 heavy (non-hydrogen) atoms. The molecule has 0 aliphatic carbocycles. The normalized spacial score (nSPS) is 14.0. The third-order valence-electron chi connectivity index (χ3n) is 6.47. The summed E-state index contributed by atoms with van der Waals surface area (Å²) in [6.45, 7) is 4.78. The summed E-state index contributed by atoms with van der Waals surface area (Å²) in [7, 11) is 1.73. The van der Waals surface area contributed by atoms with Crippen LogP contribution in [0.1, 0.15) is 5.56 Å². The molecule has 0 radical (unpaired) electrons. The molecule has 4 aromatic rings. The van der Waals surface area contributed by atoms with Crippen molar-refractivity contribution in [2.24, 2.45) is 0 Å². The maximum absolute atomic E-state index is 6.40. The minimum absolute atomic E-state index is 0.655. The Morgan fingerprint density at radius 2 is 1.58 bits per heavy atom. The van der Waals surface area contributed by atoms with Crippen LogP contribution in [0.4, 0.5) is 17.3 Å². The molecule has 1 N–H and O–H groups in total. The van der Waals surface area contributed by atoms with E-state index in [0.29, 0.717) is 10.8 Å². The molecule has 0 saturated carbocycles. The standard InChI is InChI=1S/C29H30ClN5O/c1-36-26-14-8-5-9-22(26)15-16-34-17-19-35(20-18-34)28-21-27(31-25-13-7-6-12-24(25)30)32-29(33-28)23-10-3-2-4-11-23/h2-14,21H,15-20H2,1H3,(H,31,32,33). The minimum Gasteiger partial charge on any atom is -0.496 e. The van der Waals surface area contributed by atoms with Crippen LogP contribution in [-0.2, 0) is 6.42 Å². The van der Waals surface area contributed by atoms with E-state index in [-0.39, 0.29) is 0 Å². The van der Waals surface area contributed by atoms with E-state index in [0.717, 1.165) is 67.8 Å². The average Bonchev–Trinajstić information content (AvgIpc) is 2.94. The lowest BCUT2D eigenvalue weighted by atomic mass is 10.1. The number of ether oxygens (including phenoxy) is 1. The summed E-state index contributed by atoms with van der Waals surface area (Å²) in [5.41, 5.74) is 3.06. The molecule has 6 nitrogen and oxygen atoms in total. The molecule has 1 aromatic heterocycles. The molecule has 184 valence electrons. The van der Waals surface area contributed by atoms with E-state index < -0.39 is 0 Å². The zero-order valence-corrected chi connectivity index (χ0v) is 21.2. The van der Waals surface area contributed by atoms with E-state index in [1.165, 1.54) is 5.56 Å². The average molecular weight is 500 g/mol. The number of nitrogens with zero attached hydrogens (tertiary/aromatic N) is 4. The highest BCUT2D eigenvalue weighted by atomic mass is 35.5. The highest BCUT2D eigenvalue weighted by molar-refractivity contribution is 6.33. The van der Waals surface area contributed by atoms with Crippen molar-refractivity contribution >= 4 is 28.9 Å². The van der Waals surface area contributed by atoms with Crippen LogP contribution < -0.4 is 15.0 Å². The number of piperazine rings is 1. The first-order valence-corrected chi connectivity index (χ1v) is 12.6. The van der Waals surface area contributed by atoms with Crippen molar-refractivity contribution in [1.29, 1.82) is 0 Å². The number of hydrogen-bond donors (Lipinski definition) is 1. The molecule has 2 heterocycles. The zero-order valence-electron chi connectivity index (χ0n) is 20.4. The van der Waals surface area contributed by atoms with Gasteiger partial charge < -0.3 is 15.0 Å². The molecule has 1 saturated heterocycles. The highest BCUT2D eigenvalue weighted by Gasteiger charge is 2.20. The van der Waals surface area contributed by atoms with Crippen LogP contribution in [0.15, 0.2) is 84.9 Å². The fraction of sp³-hybridized carbons (Fsp3) is 0.241. The molecule has 7 heteroatoms. The number of aromatic nitrogens is 2. The largest absolute Gasteiger partial charge is 0.496 e. The maximum atomic E-state index is 6.40. The Kier molecular flexibility index (Phi) is 7.64. The molecule has 0 unspecified atom stereocenters. The lowest BCUT2D eigenvalue weighted by Crippen LogP contribution is -2.47. The van der Waals surface area contributed by atoms with Gasteiger partial charge in [-0.2, -0.15) is 0 Å². The number of halogens is 1. The predicted molar refractivity (Wildman–Crippen MR) is 148 cm³/mol. The molecular formula is C29H30ClN5O. The predicted octanol–water partition coefficient (Wildman–Crippen LogP) is 5.91. The van der Waals surface area contributed by atoms with E-state index in [1.807, 2.05) is 72.8 Å². The van der Waals surface area contributed by atoms with Crippen LogP contribution in [0.3, 0.4) is 0 Å². The molecule has 1 aliphatic rings. The van der Waals surface area contributed by atoms with Gasteiger partial charge in [-0.1, -0.05) is 72.3 Å². The summed E-state index contributed by atoms with van der Waals surface area (Å²) in [5.74, 6) is 3.30. The molecule has 3 aromatic carbocycles. The third-order valence-corrected chi connectivity index (χ3v) is 6.80. The number of rotatable bonds is 8. The Morgan fingerprint density at radius 3 is 2.36 bits per heavy atom. The van der Waals surface area contributed by atoms with Crippen molar-refractivity contribution in [3.05, 3.63) is 95.5 Å². The molecule has 1 aliphatic heterocycles. The van der Waals surface area contributed by atoms with Crippen molar-refractivity contribution in [3.63, 3.8) is 0 Å². The summed E-state index contributed by atoms with van der Waals surface area (Å²) >= 11 is 6.40. The van der Waals surface area contributed by atoms with Crippen molar-refractivity contribution in [3.8, 4) is 17.1 Å². The summed E-state index contributed by atoms with van der Waals surface area (Å²) < 4.78 is 5.51. The Hall–Kier alpha value is -3.61. The number of nitrogens with one attached hydrogen (secondary N) is 1. The van der Waals surface area contributed by atoms with Crippen molar-refractivity contribution in [2.45, 2.75) is 6.42 Å². The minimum atomic E-state index is 0.655. The summed E-state index contributed by atoms with van der Waals surface area (Å²) in [5, 5.41) is 4.04. The van der Waals surface area contributed by atoms with Gasteiger partial charge in [0.25, 0.3) is 0 Å². The first kappa shape index (κ1) is 24.1. The molecule has 0 amide bonds. The molecule has 1 fully saturated rings. The summed E-state index contributed by atoms with van der Waals surface area (Å²) in [6.07, 6.45) is 0.974. The van der Waals surface area contributed by atoms with Gasteiger partial charge >= 0.3 is 0 Å². The number of para-hydroxylation sites is 2. The first-order valence-electron chi connectivity index (χ1n) is 12.2. The molecule has 0 bridgehead atoms. The van der Waals surface area contributed by atoms with E-state index in [1.54, 1.807) is 7.11 Å². The van der Waals surface area contributed by atoms with Gasteiger partial charge in [-0.25, -0.2) is 9.97 Å². The van der Waals surface area contributed by atoms with Crippen LogP contribution in [-0.4, -0.2) is 54.7 Å². The van der Waals surface area contributed by atoms with Crippen LogP contribution in [0, 0.1) is 0 Å². The number of anilines is 3. The Labute approximate surface area is 217 Å². The van der Waals surface area contributed by atoms with Gasteiger partial charge in [0, 0.05) is 44.4 Å². The lowest BCUT2D eigenvalue weighted by molar-refractivity contribution is 0.259. The Bertz CT molecular complexity index is 1290. The van der Waals surface area contributed by atoms with Crippen LogP contribution in [0.5, 0.6) is 5.75 Å². The summed E-state index contributed by atoms with van der Waals surface area (Å²) in [4.78, 5) is 14.6. The number of hydrogen-bond acceptors (Lipinski definition) is 6. The molecule has 0 spiro atoms. The van der Waals surface area contributed by atoms with Crippen LogP contribution >= 0.6 is 11.6 Å². The van der Waals surface area contributed by atoms with Gasteiger partial charge in [0.15, 0.2) is 5.82 Å². The monoisotopic (exact) mass is 499 g/mol. The second kappa shape index (κ2) is 11.4. The number of methoxy groups -OCH3 is 1. The third kappa shape index (κ3) is 5.78. The topological polar surface area (TPSA) is 53.5 Å². The fourth-order valence-electron chi connectivity index (χ4n) is 4.47. The van der Waals surface area contributed by atoms with Gasteiger partial charge in [-0.3, -0.25) is 4.90 Å². The lowest BCUT2D eigenvalue weighted by Gasteiger charge is -2.35. The van der Waals surface area contributed by atoms with Crippen LogP contribution in [0.25, 0.3) is 11.4 Å². The van der Waals surface area contributed by atoms with E-state index in [2.05, 4.69) is 27.2 Å². The van der Waals surface area contributed by atoms with Crippen molar-refractivity contribution in [2.75, 3.05) is 50.1 Å². The highest BCUT2D eigenvalue weighted by Crippen LogP contribution is 2.28. The number of benzene rings is 3. The van der Waals surface area contributed by atoms with Gasteiger partial charge in [0.1, 0.15) is 17.4 Å². The summed E-state index contributed by atoms with van der Waals surface area (Å²) in [6, 6.07) is 28.1. The smallest absolute Gasteiger partial charge is 0.163 e. The van der Waals surface area contributed by atoms with Gasteiger partial charge in [0.2, 0.25) is 0 Å². The van der Waals surface area contributed by atoms with Crippen LogP contribution in [0.2, 0.25) is 5.02 Å². The van der Waals surface area contributed by atoms with Gasteiger partial charge in [-0.05, 0) is 30.2 Å². The molecule has 5 rings (SSSR count). The SMILES string of the molecule is COc1ccccc1CCN1CCN(c2cc(Nc3ccccc3Cl)nc(-c3ccccc3)n2)CC1. The maximum Gasteiger partial charge on any atom is 0.163 e. The first-order chi connectivity index (χ1) is 17.7. The van der Waals surface area contributed by atoms with Crippen molar-refractivity contribution < 1.29 is 4.74 Å². The second-order valence-corrected chi connectivity index (χ2v) is 9.20. The fourth-order valence-corrected chi connectivity index (χ4v) is 4.65. The second-order valence-electron chi connectivity index (χ2n) is 8.80. The van der Waals surface area contributed by atoms with E-state index >= 15 is 0 Å². The van der Waals surface area contributed by atoms with E-state index in [4.69, 9.17) is 26.3 Å². The Balaban J connectivity index is 1.31. The molecular weight excluding hydrogens is 470 g/mol. The van der Waals surface area contributed by atoms with Gasteiger partial charge in [0.05, 0.1) is 17.8 Å². The Morgan fingerprint density at radius 1 is 0.861 bits per heavy atom. The van der Waals surface area contributed by atoms with Crippen molar-refractivity contribution in [1.82, 2.24) is 14.9 Å². The zero-order chi connectivity index (χ0) is 24.7. The molecule has 0 atom stereocenters.